The second-order valence-electron chi connectivity index (χ2n) is 3.92. The maximum atomic E-state index is 11.4. The summed E-state index contributed by atoms with van der Waals surface area (Å²) in [6, 6.07) is 6.64. The van der Waals surface area contributed by atoms with Gasteiger partial charge in [-0.25, -0.2) is 4.79 Å². The van der Waals surface area contributed by atoms with Crippen LogP contribution in [0.5, 0.6) is 0 Å². The number of hydrogen-bond acceptors (Lipinski definition) is 2. The van der Waals surface area contributed by atoms with Crippen molar-refractivity contribution in [2.45, 2.75) is 19.8 Å². The summed E-state index contributed by atoms with van der Waals surface area (Å²) in [4.78, 5) is 21.9. The standard InChI is InChI=1S/C12H15ClN2O2/c1-8(11(16)15-12(14)17)2-3-9-4-6-10(13)7-5-9/h4-8H,2-3H2,1H3,(H3,14,15,16,17). The van der Waals surface area contributed by atoms with Crippen molar-refractivity contribution in [1.82, 2.24) is 5.32 Å². The first-order valence-electron chi connectivity index (χ1n) is 5.34. The maximum absolute atomic E-state index is 11.4. The first kappa shape index (κ1) is 13.5. The molecule has 0 fully saturated rings. The Morgan fingerprint density at radius 2 is 1.94 bits per heavy atom. The molecular formula is C12H15ClN2O2. The zero-order chi connectivity index (χ0) is 12.8. The monoisotopic (exact) mass is 254 g/mol. The topological polar surface area (TPSA) is 72.2 Å². The number of benzene rings is 1. The third-order valence-corrected chi connectivity index (χ3v) is 2.73. The van der Waals surface area contributed by atoms with E-state index in [0.29, 0.717) is 11.4 Å². The fourth-order valence-corrected chi connectivity index (χ4v) is 1.54. The van der Waals surface area contributed by atoms with Crippen molar-refractivity contribution >= 4 is 23.5 Å². The predicted molar refractivity (Wildman–Crippen MR) is 66.7 cm³/mol. The lowest BCUT2D eigenvalue weighted by Gasteiger charge is -2.09. The van der Waals surface area contributed by atoms with Crippen LogP contribution in [-0.2, 0) is 11.2 Å². The van der Waals surface area contributed by atoms with E-state index in [2.05, 4.69) is 5.32 Å². The number of nitrogens with one attached hydrogen (secondary N) is 1. The van der Waals surface area contributed by atoms with Gasteiger partial charge in [0.05, 0.1) is 0 Å². The molecule has 0 aliphatic heterocycles. The highest BCUT2D eigenvalue weighted by Crippen LogP contribution is 2.13. The molecule has 1 unspecified atom stereocenters. The van der Waals surface area contributed by atoms with Crippen LogP contribution >= 0.6 is 11.6 Å². The van der Waals surface area contributed by atoms with E-state index in [1.807, 2.05) is 24.3 Å². The maximum Gasteiger partial charge on any atom is 0.318 e. The Morgan fingerprint density at radius 3 is 2.47 bits per heavy atom. The quantitative estimate of drug-likeness (QED) is 0.864. The molecule has 0 aliphatic carbocycles. The Morgan fingerprint density at radius 1 is 1.35 bits per heavy atom. The summed E-state index contributed by atoms with van der Waals surface area (Å²) in [5.74, 6) is -0.593. The van der Waals surface area contributed by atoms with Crippen LogP contribution < -0.4 is 11.1 Å². The van der Waals surface area contributed by atoms with Gasteiger partial charge < -0.3 is 5.73 Å². The molecule has 0 bridgehead atoms. The molecule has 0 saturated heterocycles. The summed E-state index contributed by atoms with van der Waals surface area (Å²) in [5.41, 5.74) is 5.97. The van der Waals surface area contributed by atoms with E-state index < -0.39 is 6.03 Å². The van der Waals surface area contributed by atoms with Crippen LogP contribution in [0.4, 0.5) is 4.79 Å². The molecule has 1 aromatic carbocycles. The number of nitrogens with two attached hydrogens (primary N) is 1. The average Bonchev–Trinajstić information content (AvgIpc) is 2.27. The summed E-state index contributed by atoms with van der Waals surface area (Å²) in [7, 11) is 0. The molecule has 0 spiro atoms. The lowest BCUT2D eigenvalue weighted by atomic mass is 10.0. The number of aryl methyl sites for hydroxylation is 1. The van der Waals surface area contributed by atoms with Gasteiger partial charge in [0.15, 0.2) is 0 Å². The Bertz CT molecular complexity index is 403. The van der Waals surface area contributed by atoms with Gasteiger partial charge in [-0.3, -0.25) is 10.1 Å². The number of carbonyl (C=O) groups is 2. The predicted octanol–water partition coefficient (Wildman–Crippen LogP) is 2.10. The molecule has 1 atom stereocenters. The number of rotatable bonds is 4. The van der Waals surface area contributed by atoms with Gasteiger partial charge in [-0.1, -0.05) is 30.7 Å². The van der Waals surface area contributed by atoms with Gasteiger partial charge in [-0.05, 0) is 30.5 Å². The van der Waals surface area contributed by atoms with Crippen molar-refractivity contribution in [3.8, 4) is 0 Å². The SMILES string of the molecule is CC(CCc1ccc(Cl)cc1)C(=O)NC(N)=O. The number of amides is 3. The van der Waals surface area contributed by atoms with Crippen molar-refractivity contribution in [1.29, 1.82) is 0 Å². The molecule has 3 amide bonds. The Hall–Kier alpha value is -1.55. The minimum Gasteiger partial charge on any atom is -0.351 e. The first-order chi connectivity index (χ1) is 7.99. The van der Waals surface area contributed by atoms with Crippen molar-refractivity contribution in [2.75, 3.05) is 0 Å². The van der Waals surface area contributed by atoms with Crippen LogP contribution in [0.2, 0.25) is 5.02 Å². The summed E-state index contributed by atoms with van der Waals surface area (Å²) in [6.07, 6.45) is 1.41. The molecule has 1 rings (SSSR count). The Balaban J connectivity index is 2.42. The molecule has 17 heavy (non-hydrogen) atoms. The van der Waals surface area contributed by atoms with Gasteiger partial charge in [0.2, 0.25) is 5.91 Å². The third-order valence-electron chi connectivity index (χ3n) is 2.47. The van der Waals surface area contributed by atoms with E-state index in [0.717, 1.165) is 12.0 Å². The number of hydrogen-bond donors (Lipinski definition) is 2. The highest BCUT2D eigenvalue weighted by molar-refractivity contribution is 6.30. The molecule has 3 N–H and O–H groups in total. The van der Waals surface area contributed by atoms with Crippen LogP contribution in [0.1, 0.15) is 18.9 Å². The van der Waals surface area contributed by atoms with E-state index in [-0.39, 0.29) is 11.8 Å². The zero-order valence-corrected chi connectivity index (χ0v) is 10.3. The molecule has 0 saturated carbocycles. The van der Waals surface area contributed by atoms with Gasteiger partial charge in [0.1, 0.15) is 0 Å². The fraction of sp³-hybridized carbons (Fsp3) is 0.333. The number of carbonyl (C=O) groups excluding carboxylic acids is 2. The van der Waals surface area contributed by atoms with Crippen LogP contribution in [0.3, 0.4) is 0 Å². The van der Waals surface area contributed by atoms with Crippen molar-refractivity contribution < 1.29 is 9.59 Å². The lowest BCUT2D eigenvalue weighted by molar-refractivity contribution is -0.123. The normalized spacial score (nSPS) is 11.9. The molecule has 0 radical (unpaired) electrons. The van der Waals surface area contributed by atoms with E-state index >= 15 is 0 Å². The van der Waals surface area contributed by atoms with Gasteiger partial charge in [-0.2, -0.15) is 0 Å². The molecule has 5 heteroatoms. The molecule has 92 valence electrons. The summed E-state index contributed by atoms with van der Waals surface area (Å²) in [5, 5.41) is 2.75. The molecule has 4 nitrogen and oxygen atoms in total. The second kappa shape index (κ2) is 6.25. The summed E-state index contributed by atoms with van der Waals surface area (Å²) < 4.78 is 0. The Kier molecular flexibility index (Phi) is 4.97. The van der Waals surface area contributed by atoms with Gasteiger partial charge in [-0.15, -0.1) is 0 Å². The first-order valence-corrected chi connectivity index (χ1v) is 5.71. The van der Waals surface area contributed by atoms with Crippen LogP contribution in [-0.4, -0.2) is 11.9 Å². The highest BCUT2D eigenvalue weighted by Gasteiger charge is 2.13. The fourth-order valence-electron chi connectivity index (χ4n) is 1.41. The summed E-state index contributed by atoms with van der Waals surface area (Å²) in [6.45, 7) is 1.76. The minimum absolute atomic E-state index is 0.252. The average molecular weight is 255 g/mol. The van der Waals surface area contributed by atoms with Crippen molar-refractivity contribution in [3.63, 3.8) is 0 Å². The van der Waals surface area contributed by atoms with E-state index in [4.69, 9.17) is 17.3 Å². The minimum atomic E-state index is -0.812. The summed E-state index contributed by atoms with van der Waals surface area (Å²) >= 11 is 5.77. The zero-order valence-electron chi connectivity index (χ0n) is 9.57. The largest absolute Gasteiger partial charge is 0.351 e. The number of primary amides is 1. The molecule has 0 heterocycles. The molecule has 1 aromatic rings. The molecular weight excluding hydrogens is 240 g/mol. The van der Waals surface area contributed by atoms with E-state index in [9.17, 15) is 9.59 Å². The van der Waals surface area contributed by atoms with Crippen molar-refractivity contribution in [3.05, 3.63) is 34.9 Å². The van der Waals surface area contributed by atoms with Crippen LogP contribution in [0.25, 0.3) is 0 Å². The number of urea groups is 1. The lowest BCUT2D eigenvalue weighted by Crippen LogP contribution is -2.38. The highest BCUT2D eigenvalue weighted by atomic mass is 35.5. The smallest absolute Gasteiger partial charge is 0.318 e. The number of imide groups is 1. The van der Waals surface area contributed by atoms with Crippen LogP contribution in [0.15, 0.2) is 24.3 Å². The van der Waals surface area contributed by atoms with Crippen molar-refractivity contribution in [2.24, 2.45) is 11.7 Å². The molecule has 0 aliphatic rings. The van der Waals surface area contributed by atoms with Gasteiger partial charge in [0, 0.05) is 10.9 Å². The van der Waals surface area contributed by atoms with E-state index in [1.54, 1.807) is 6.92 Å². The number of halogens is 1. The Labute approximate surface area is 105 Å². The van der Waals surface area contributed by atoms with Gasteiger partial charge in [0.25, 0.3) is 0 Å². The van der Waals surface area contributed by atoms with Gasteiger partial charge >= 0.3 is 6.03 Å². The third kappa shape index (κ3) is 4.87. The van der Waals surface area contributed by atoms with E-state index in [1.165, 1.54) is 0 Å². The molecule has 0 aromatic heterocycles. The second-order valence-corrected chi connectivity index (χ2v) is 4.36. The van der Waals surface area contributed by atoms with Crippen LogP contribution in [0, 0.1) is 5.92 Å².